The van der Waals surface area contributed by atoms with Crippen LogP contribution >= 0.6 is 38.5 Å². The van der Waals surface area contributed by atoms with Crippen molar-refractivity contribution in [3.05, 3.63) is 62.1 Å². The average Bonchev–Trinajstić information content (AvgIpc) is 2.50. The van der Waals surface area contributed by atoms with Crippen molar-refractivity contribution < 1.29 is 14.3 Å². The number of halogens is 2. The number of nitrogens with one attached hydrogen (secondary N) is 1. The van der Waals surface area contributed by atoms with Crippen LogP contribution in [0.15, 0.2) is 53.0 Å². The molecule has 0 radical (unpaired) electrons. The third-order valence-electron chi connectivity index (χ3n) is 2.75. The van der Waals surface area contributed by atoms with Crippen LogP contribution in [0, 0.1) is 3.57 Å². The minimum absolute atomic E-state index is 0.143. The van der Waals surface area contributed by atoms with Gasteiger partial charge in [0.05, 0.1) is 6.42 Å². The second-order valence-electron chi connectivity index (χ2n) is 4.52. The van der Waals surface area contributed by atoms with E-state index in [9.17, 15) is 9.59 Å². The largest absolute Gasteiger partial charge is 0.455 e. The lowest BCUT2D eigenvalue weighted by molar-refractivity contribution is -0.146. The summed E-state index contributed by atoms with van der Waals surface area (Å²) in [4.78, 5) is 23.4. The van der Waals surface area contributed by atoms with E-state index >= 15 is 0 Å². The zero-order chi connectivity index (χ0) is 15.9. The van der Waals surface area contributed by atoms with Crippen LogP contribution in [0.25, 0.3) is 0 Å². The van der Waals surface area contributed by atoms with Crippen LogP contribution < -0.4 is 5.32 Å². The molecule has 6 heteroatoms. The van der Waals surface area contributed by atoms with Gasteiger partial charge in [0.25, 0.3) is 5.91 Å². The topological polar surface area (TPSA) is 55.4 Å². The van der Waals surface area contributed by atoms with Gasteiger partial charge in [-0.1, -0.05) is 28.1 Å². The second kappa shape index (κ2) is 8.28. The predicted molar refractivity (Wildman–Crippen MR) is 96.6 cm³/mol. The summed E-state index contributed by atoms with van der Waals surface area (Å²) in [5.41, 5.74) is 1.51. The molecule has 0 saturated heterocycles. The summed E-state index contributed by atoms with van der Waals surface area (Å²) in [5, 5.41) is 2.67. The molecule has 0 unspecified atom stereocenters. The van der Waals surface area contributed by atoms with Crippen LogP contribution in [0.5, 0.6) is 0 Å². The summed E-state index contributed by atoms with van der Waals surface area (Å²) in [6, 6.07) is 14.7. The summed E-state index contributed by atoms with van der Waals surface area (Å²) >= 11 is 5.51. The van der Waals surface area contributed by atoms with Crippen LogP contribution in [0.2, 0.25) is 0 Å². The van der Waals surface area contributed by atoms with Crippen molar-refractivity contribution in [2.24, 2.45) is 0 Å². The van der Waals surface area contributed by atoms with Gasteiger partial charge >= 0.3 is 5.97 Å². The molecule has 0 aliphatic heterocycles. The Hall–Kier alpha value is -1.41. The number of benzene rings is 2. The molecular formula is C16H13BrINO3. The highest BCUT2D eigenvalue weighted by Gasteiger charge is 2.09. The molecule has 0 spiro atoms. The number of carbonyl (C=O) groups is 2. The molecule has 0 fully saturated rings. The van der Waals surface area contributed by atoms with Gasteiger partial charge in [-0.3, -0.25) is 9.59 Å². The van der Waals surface area contributed by atoms with Gasteiger partial charge in [0, 0.05) is 13.7 Å². The van der Waals surface area contributed by atoms with E-state index in [4.69, 9.17) is 4.74 Å². The van der Waals surface area contributed by atoms with E-state index in [1.54, 1.807) is 12.1 Å². The van der Waals surface area contributed by atoms with Crippen molar-refractivity contribution in [1.29, 1.82) is 0 Å². The van der Waals surface area contributed by atoms with Crippen molar-refractivity contribution in [3.63, 3.8) is 0 Å². The number of ether oxygens (including phenoxy) is 1. The molecule has 0 atom stereocenters. The normalized spacial score (nSPS) is 10.1. The standard InChI is InChI=1S/C16H13BrINO3/c17-12-3-1-11(2-4-12)9-16(21)22-10-15(20)19-14-7-5-13(18)6-8-14/h1-8H,9-10H2,(H,19,20). The number of esters is 1. The van der Waals surface area contributed by atoms with E-state index in [1.165, 1.54) is 0 Å². The van der Waals surface area contributed by atoms with E-state index in [0.29, 0.717) is 5.69 Å². The maximum atomic E-state index is 11.7. The lowest BCUT2D eigenvalue weighted by Crippen LogP contribution is -2.21. The quantitative estimate of drug-likeness (QED) is 0.531. The minimum atomic E-state index is -0.430. The van der Waals surface area contributed by atoms with Crippen molar-refractivity contribution >= 4 is 56.1 Å². The summed E-state index contributed by atoms with van der Waals surface area (Å²) in [5.74, 6) is -0.787. The highest BCUT2D eigenvalue weighted by Crippen LogP contribution is 2.12. The third-order valence-corrected chi connectivity index (χ3v) is 4.00. The van der Waals surface area contributed by atoms with E-state index in [2.05, 4.69) is 43.8 Å². The van der Waals surface area contributed by atoms with Crippen LogP contribution in [0.4, 0.5) is 5.69 Å². The molecule has 0 aliphatic rings. The fraction of sp³-hybridized carbons (Fsp3) is 0.125. The average molecular weight is 474 g/mol. The zero-order valence-electron chi connectivity index (χ0n) is 11.5. The van der Waals surface area contributed by atoms with E-state index in [0.717, 1.165) is 13.6 Å². The van der Waals surface area contributed by atoms with Gasteiger partial charge < -0.3 is 10.1 Å². The van der Waals surface area contributed by atoms with Crippen molar-refractivity contribution in [2.75, 3.05) is 11.9 Å². The lowest BCUT2D eigenvalue weighted by atomic mass is 10.2. The number of rotatable bonds is 5. The smallest absolute Gasteiger partial charge is 0.310 e. The lowest BCUT2D eigenvalue weighted by Gasteiger charge is -2.07. The maximum absolute atomic E-state index is 11.7. The molecule has 1 amide bonds. The van der Waals surface area contributed by atoms with Gasteiger partial charge in [0.2, 0.25) is 0 Å². The first-order valence-electron chi connectivity index (χ1n) is 6.48. The Morgan fingerprint density at radius 2 is 1.68 bits per heavy atom. The number of hydrogen-bond donors (Lipinski definition) is 1. The Kier molecular flexibility index (Phi) is 6.38. The zero-order valence-corrected chi connectivity index (χ0v) is 15.3. The molecule has 2 aromatic carbocycles. The summed E-state index contributed by atoms with van der Waals surface area (Å²) < 4.78 is 7.00. The van der Waals surface area contributed by atoms with Gasteiger partial charge in [-0.15, -0.1) is 0 Å². The molecular weight excluding hydrogens is 461 g/mol. The Bertz CT molecular complexity index is 597. The van der Waals surface area contributed by atoms with Crippen molar-refractivity contribution in [2.45, 2.75) is 6.42 Å². The first-order chi connectivity index (χ1) is 10.5. The first-order valence-corrected chi connectivity index (χ1v) is 8.35. The van der Waals surface area contributed by atoms with E-state index < -0.39 is 5.97 Å². The number of amides is 1. The van der Waals surface area contributed by atoms with Gasteiger partial charge in [0.15, 0.2) is 6.61 Å². The maximum Gasteiger partial charge on any atom is 0.310 e. The number of carbonyl (C=O) groups excluding carboxylic acids is 2. The molecule has 114 valence electrons. The first kappa shape index (κ1) is 17.0. The predicted octanol–water partition coefficient (Wildman–Crippen LogP) is 3.78. The van der Waals surface area contributed by atoms with Crippen molar-refractivity contribution in [1.82, 2.24) is 0 Å². The molecule has 4 nitrogen and oxygen atoms in total. The molecule has 1 N–H and O–H groups in total. The molecule has 22 heavy (non-hydrogen) atoms. The Balaban J connectivity index is 1.76. The van der Waals surface area contributed by atoms with Gasteiger partial charge in [-0.25, -0.2) is 0 Å². The Morgan fingerprint density at radius 1 is 1.05 bits per heavy atom. The molecule has 0 heterocycles. The van der Waals surface area contributed by atoms with Crippen LogP contribution in [-0.4, -0.2) is 18.5 Å². The molecule has 2 aromatic rings. The molecule has 0 bridgehead atoms. The van der Waals surface area contributed by atoms with Gasteiger partial charge in [0.1, 0.15) is 0 Å². The van der Waals surface area contributed by atoms with Gasteiger partial charge in [-0.2, -0.15) is 0 Å². The summed E-state index contributed by atoms with van der Waals surface area (Å²) in [7, 11) is 0. The minimum Gasteiger partial charge on any atom is -0.455 e. The highest BCUT2D eigenvalue weighted by molar-refractivity contribution is 14.1. The number of anilines is 1. The molecule has 0 aromatic heterocycles. The van der Waals surface area contributed by atoms with Crippen molar-refractivity contribution in [3.8, 4) is 0 Å². The molecule has 0 aliphatic carbocycles. The van der Waals surface area contributed by atoms with E-state index in [-0.39, 0.29) is 18.9 Å². The SMILES string of the molecule is O=C(COC(=O)Cc1ccc(Br)cc1)Nc1ccc(I)cc1. The van der Waals surface area contributed by atoms with E-state index in [1.807, 2.05) is 36.4 Å². The fourth-order valence-electron chi connectivity index (χ4n) is 1.70. The van der Waals surface area contributed by atoms with Crippen LogP contribution in [0.1, 0.15) is 5.56 Å². The highest BCUT2D eigenvalue weighted by atomic mass is 127. The molecule has 2 rings (SSSR count). The van der Waals surface area contributed by atoms with Crippen LogP contribution in [0.3, 0.4) is 0 Å². The summed E-state index contributed by atoms with van der Waals surface area (Å²) in [6.45, 7) is -0.290. The monoisotopic (exact) mass is 473 g/mol. The molecule has 0 saturated carbocycles. The Labute approximate surface area is 150 Å². The van der Waals surface area contributed by atoms with Gasteiger partial charge in [-0.05, 0) is 64.6 Å². The Morgan fingerprint density at radius 3 is 2.32 bits per heavy atom. The second-order valence-corrected chi connectivity index (χ2v) is 6.68. The third kappa shape index (κ3) is 5.76. The summed E-state index contributed by atoms with van der Waals surface area (Å²) in [6.07, 6.45) is 0.143. The number of hydrogen-bond acceptors (Lipinski definition) is 3. The van der Waals surface area contributed by atoms with Crippen LogP contribution in [-0.2, 0) is 20.7 Å². The fourth-order valence-corrected chi connectivity index (χ4v) is 2.32.